The molecule has 0 aromatic carbocycles. The van der Waals surface area contributed by atoms with Crippen LogP contribution in [0.1, 0.15) is 6.42 Å². The summed E-state index contributed by atoms with van der Waals surface area (Å²) in [5, 5.41) is 3.25. The summed E-state index contributed by atoms with van der Waals surface area (Å²) in [6.07, 6.45) is 1.02. The number of nitrogens with one attached hydrogen (secondary N) is 2. The van der Waals surface area contributed by atoms with Crippen molar-refractivity contribution < 1.29 is 0 Å². The van der Waals surface area contributed by atoms with E-state index in [9.17, 15) is 0 Å². The minimum atomic E-state index is 0.566. The summed E-state index contributed by atoms with van der Waals surface area (Å²) in [6, 6.07) is 0. The van der Waals surface area contributed by atoms with E-state index in [1.165, 1.54) is 6.54 Å². The fourth-order valence-corrected chi connectivity index (χ4v) is 1.05. The Labute approximate surface area is 56.2 Å². The van der Waals surface area contributed by atoms with Crippen molar-refractivity contribution in [1.82, 2.24) is 16.0 Å². The average Bonchev–Trinajstić information content (AvgIpc) is 2.34. The zero-order valence-corrected chi connectivity index (χ0v) is 5.69. The smallest absolute Gasteiger partial charge is 0.0481 e. The van der Waals surface area contributed by atoms with E-state index in [-0.39, 0.29) is 0 Å². The minimum absolute atomic E-state index is 0.566. The monoisotopic (exact) mass is 128 g/mol. The van der Waals surface area contributed by atoms with Crippen molar-refractivity contribution in [3.63, 3.8) is 0 Å². The quantitative estimate of drug-likeness (QED) is 0.557. The van der Waals surface area contributed by atoms with Gasteiger partial charge in [-0.15, -0.1) is 0 Å². The molecule has 0 bridgehead atoms. The maximum atomic E-state index is 6.92. The molecule has 1 aliphatic rings. The summed E-state index contributed by atoms with van der Waals surface area (Å²) >= 11 is 0. The summed E-state index contributed by atoms with van der Waals surface area (Å²) in [5.41, 5.74) is 6.92. The Hall–Kier alpha value is -0.120. The molecule has 1 fully saturated rings. The van der Waals surface area contributed by atoms with E-state index in [0.717, 1.165) is 26.2 Å². The van der Waals surface area contributed by atoms with E-state index in [1.807, 2.05) is 0 Å². The van der Waals surface area contributed by atoms with Crippen molar-refractivity contribution in [1.29, 1.82) is 0 Å². The van der Waals surface area contributed by atoms with Gasteiger partial charge in [-0.2, -0.15) is 0 Å². The molecule has 1 heterocycles. The standard InChI is InChI=1S/C6H14N3/c7-2-1-4-9-5-3-8-6-9/h7-8H,1-6H2. The van der Waals surface area contributed by atoms with Gasteiger partial charge in [-0.05, 0) is 6.42 Å². The molecule has 0 saturated carbocycles. The van der Waals surface area contributed by atoms with Crippen molar-refractivity contribution >= 4 is 0 Å². The fraction of sp³-hybridized carbons (Fsp3) is 1.00. The van der Waals surface area contributed by atoms with Gasteiger partial charge in [0, 0.05) is 32.8 Å². The third-order valence-corrected chi connectivity index (χ3v) is 1.59. The van der Waals surface area contributed by atoms with Gasteiger partial charge in [0.2, 0.25) is 0 Å². The van der Waals surface area contributed by atoms with E-state index in [4.69, 9.17) is 5.73 Å². The van der Waals surface area contributed by atoms with Crippen LogP contribution in [-0.4, -0.2) is 37.7 Å². The lowest BCUT2D eigenvalue weighted by molar-refractivity contribution is 0.331. The molecule has 0 aliphatic carbocycles. The van der Waals surface area contributed by atoms with Gasteiger partial charge >= 0.3 is 0 Å². The Bertz CT molecular complexity index is 68.7. The number of hydrogen-bond acceptors (Lipinski definition) is 2. The van der Waals surface area contributed by atoms with Gasteiger partial charge in [-0.3, -0.25) is 10.6 Å². The van der Waals surface area contributed by atoms with Crippen LogP contribution >= 0.6 is 0 Å². The predicted octanol–water partition coefficient (Wildman–Crippen LogP) is -0.478. The zero-order chi connectivity index (χ0) is 6.53. The lowest BCUT2D eigenvalue weighted by Gasteiger charge is -2.11. The first-order valence-corrected chi connectivity index (χ1v) is 3.51. The van der Waals surface area contributed by atoms with Crippen molar-refractivity contribution in [2.45, 2.75) is 6.42 Å². The van der Waals surface area contributed by atoms with E-state index >= 15 is 0 Å². The molecule has 0 aromatic rings. The molecule has 2 N–H and O–H groups in total. The van der Waals surface area contributed by atoms with Crippen LogP contribution in [0.2, 0.25) is 0 Å². The molecular formula is C6H14N3. The maximum Gasteiger partial charge on any atom is 0.0481 e. The second kappa shape index (κ2) is 3.82. The molecule has 1 rings (SSSR count). The molecule has 1 radical (unpaired) electrons. The SMILES string of the molecule is [NH]CCCN1CCNC1. The van der Waals surface area contributed by atoms with Crippen molar-refractivity contribution in [3.05, 3.63) is 0 Å². The third-order valence-electron chi connectivity index (χ3n) is 1.59. The number of nitrogens with zero attached hydrogens (tertiary/aromatic N) is 1. The first-order valence-electron chi connectivity index (χ1n) is 3.51. The van der Waals surface area contributed by atoms with Crippen LogP contribution in [0.4, 0.5) is 0 Å². The van der Waals surface area contributed by atoms with Crippen LogP contribution < -0.4 is 11.1 Å². The largest absolute Gasteiger partial charge is 0.303 e. The lowest BCUT2D eigenvalue weighted by atomic mass is 10.4. The highest BCUT2D eigenvalue weighted by Crippen LogP contribution is 1.92. The highest BCUT2D eigenvalue weighted by molar-refractivity contribution is 4.65. The van der Waals surface area contributed by atoms with Crippen molar-refractivity contribution in [2.24, 2.45) is 0 Å². The van der Waals surface area contributed by atoms with E-state index < -0.39 is 0 Å². The first-order chi connectivity index (χ1) is 4.43. The van der Waals surface area contributed by atoms with Gasteiger partial charge in [-0.25, -0.2) is 0 Å². The molecule has 3 heteroatoms. The molecule has 0 aromatic heterocycles. The molecule has 53 valence electrons. The fourth-order valence-electron chi connectivity index (χ4n) is 1.05. The van der Waals surface area contributed by atoms with Gasteiger partial charge < -0.3 is 5.32 Å². The van der Waals surface area contributed by atoms with Crippen LogP contribution in [0.5, 0.6) is 0 Å². The lowest BCUT2D eigenvalue weighted by Crippen LogP contribution is -2.23. The topological polar surface area (TPSA) is 39.1 Å². The Morgan fingerprint density at radius 1 is 1.56 bits per heavy atom. The van der Waals surface area contributed by atoms with Gasteiger partial charge in [0.15, 0.2) is 0 Å². The maximum absolute atomic E-state index is 6.92. The average molecular weight is 128 g/mol. The molecule has 0 atom stereocenters. The summed E-state index contributed by atoms with van der Waals surface area (Å²) in [4.78, 5) is 2.34. The van der Waals surface area contributed by atoms with Gasteiger partial charge in [0.1, 0.15) is 0 Å². The van der Waals surface area contributed by atoms with Crippen LogP contribution in [0.15, 0.2) is 0 Å². The molecule has 0 amide bonds. The van der Waals surface area contributed by atoms with Gasteiger partial charge in [-0.1, -0.05) is 0 Å². The molecule has 1 saturated heterocycles. The van der Waals surface area contributed by atoms with Crippen LogP contribution in [-0.2, 0) is 0 Å². The van der Waals surface area contributed by atoms with Crippen LogP contribution in [0, 0.1) is 0 Å². The predicted molar refractivity (Wildman–Crippen MR) is 37.0 cm³/mol. The molecule has 0 unspecified atom stereocenters. The summed E-state index contributed by atoms with van der Waals surface area (Å²) < 4.78 is 0. The molecular weight excluding hydrogens is 114 g/mol. The van der Waals surface area contributed by atoms with Crippen molar-refractivity contribution in [2.75, 3.05) is 32.8 Å². The Balaban J connectivity index is 1.98. The first kappa shape index (κ1) is 6.99. The minimum Gasteiger partial charge on any atom is -0.303 e. The molecule has 1 aliphatic heterocycles. The summed E-state index contributed by atoms with van der Waals surface area (Å²) in [5.74, 6) is 0. The van der Waals surface area contributed by atoms with Crippen LogP contribution in [0.25, 0.3) is 0 Å². The normalized spacial score (nSPS) is 21.0. The Kier molecular flexibility index (Phi) is 2.97. The van der Waals surface area contributed by atoms with Gasteiger partial charge in [0.25, 0.3) is 0 Å². The number of rotatable bonds is 3. The summed E-state index contributed by atoms with van der Waals surface area (Å²) in [6.45, 7) is 4.98. The van der Waals surface area contributed by atoms with Gasteiger partial charge in [0.05, 0.1) is 0 Å². The van der Waals surface area contributed by atoms with E-state index in [1.54, 1.807) is 0 Å². The zero-order valence-electron chi connectivity index (χ0n) is 5.69. The Morgan fingerprint density at radius 3 is 3.00 bits per heavy atom. The van der Waals surface area contributed by atoms with Crippen molar-refractivity contribution in [3.8, 4) is 0 Å². The molecule has 3 nitrogen and oxygen atoms in total. The highest BCUT2D eigenvalue weighted by Gasteiger charge is 2.08. The second-order valence-electron chi connectivity index (χ2n) is 2.38. The second-order valence-corrected chi connectivity index (χ2v) is 2.38. The number of hydrogen-bond donors (Lipinski definition) is 1. The van der Waals surface area contributed by atoms with E-state index in [2.05, 4.69) is 10.2 Å². The van der Waals surface area contributed by atoms with E-state index in [0.29, 0.717) is 6.54 Å². The molecule has 0 spiro atoms. The van der Waals surface area contributed by atoms with Crippen LogP contribution in [0.3, 0.4) is 0 Å². The Morgan fingerprint density at radius 2 is 2.44 bits per heavy atom. The third kappa shape index (κ3) is 2.30. The summed E-state index contributed by atoms with van der Waals surface area (Å²) in [7, 11) is 0. The molecule has 9 heavy (non-hydrogen) atoms. The highest BCUT2D eigenvalue weighted by atomic mass is 15.3.